The minimum atomic E-state index is 0.124. The number of likely N-dealkylation sites (tertiary alicyclic amines) is 1. The number of piperidine rings is 1. The topological polar surface area (TPSA) is 46.1 Å². The zero-order valence-electron chi connectivity index (χ0n) is 12.2. The molecular formula is C15H22BrN3O. The summed E-state index contributed by atoms with van der Waals surface area (Å²) in [6, 6.07) is 1.88. The van der Waals surface area contributed by atoms with Gasteiger partial charge >= 0.3 is 0 Å². The lowest BCUT2D eigenvalue weighted by molar-refractivity contribution is 0.0670. The number of nitrogens with zero attached hydrogens (tertiary/aromatic N) is 3. The van der Waals surface area contributed by atoms with E-state index in [2.05, 4.69) is 26.1 Å². The Morgan fingerprint density at radius 2 is 2.30 bits per heavy atom. The molecule has 1 unspecified atom stereocenters. The lowest BCUT2D eigenvalue weighted by Gasteiger charge is -2.33. The van der Waals surface area contributed by atoms with Crippen molar-refractivity contribution >= 4 is 21.8 Å². The van der Waals surface area contributed by atoms with Crippen LogP contribution in [0.5, 0.6) is 0 Å². The van der Waals surface area contributed by atoms with Gasteiger partial charge < -0.3 is 4.90 Å². The van der Waals surface area contributed by atoms with Gasteiger partial charge in [-0.25, -0.2) is 0 Å². The smallest absolute Gasteiger partial charge is 0.255 e. The number of halogens is 1. The minimum Gasteiger partial charge on any atom is -0.338 e. The molecule has 0 aliphatic carbocycles. The standard InChI is InChI=1S/C15H22BrN3O/c1-3-14-13(9-11(2)17-18-14)15(20)19-8-4-5-12(10-19)6-7-16/h9,12H,3-8,10H2,1-2H3. The molecule has 0 radical (unpaired) electrons. The molecule has 1 saturated heterocycles. The predicted octanol–water partition coefficient (Wildman–Crippen LogP) is 2.98. The first kappa shape index (κ1) is 15.4. The predicted molar refractivity (Wildman–Crippen MR) is 83.2 cm³/mol. The zero-order valence-corrected chi connectivity index (χ0v) is 13.8. The van der Waals surface area contributed by atoms with Crippen LogP contribution in [0, 0.1) is 12.8 Å². The summed E-state index contributed by atoms with van der Waals surface area (Å²) >= 11 is 3.50. The molecule has 1 aliphatic heterocycles. The van der Waals surface area contributed by atoms with Crippen LogP contribution >= 0.6 is 15.9 Å². The molecule has 2 heterocycles. The van der Waals surface area contributed by atoms with Gasteiger partial charge in [0.25, 0.3) is 5.91 Å². The molecule has 4 nitrogen and oxygen atoms in total. The Balaban J connectivity index is 2.16. The first-order valence-electron chi connectivity index (χ1n) is 7.34. The highest BCUT2D eigenvalue weighted by Crippen LogP contribution is 2.22. The third kappa shape index (κ3) is 3.57. The normalized spacial score (nSPS) is 19.1. The number of hydrogen-bond donors (Lipinski definition) is 0. The van der Waals surface area contributed by atoms with E-state index < -0.39 is 0 Å². The van der Waals surface area contributed by atoms with Crippen LogP contribution < -0.4 is 0 Å². The summed E-state index contributed by atoms with van der Waals surface area (Å²) in [5, 5.41) is 9.23. The molecule has 0 saturated carbocycles. The first-order chi connectivity index (χ1) is 9.65. The van der Waals surface area contributed by atoms with Gasteiger partial charge in [-0.05, 0) is 44.6 Å². The Hall–Kier alpha value is -0.970. The molecule has 0 spiro atoms. The Labute approximate surface area is 129 Å². The van der Waals surface area contributed by atoms with Crippen molar-refractivity contribution in [1.82, 2.24) is 15.1 Å². The number of aromatic nitrogens is 2. The van der Waals surface area contributed by atoms with Crippen molar-refractivity contribution in [2.45, 2.75) is 39.5 Å². The lowest BCUT2D eigenvalue weighted by Crippen LogP contribution is -2.40. The maximum atomic E-state index is 12.7. The van der Waals surface area contributed by atoms with Crippen molar-refractivity contribution in [3.8, 4) is 0 Å². The second kappa shape index (κ2) is 7.16. The fourth-order valence-corrected chi connectivity index (χ4v) is 3.42. The van der Waals surface area contributed by atoms with E-state index in [0.717, 1.165) is 54.6 Å². The molecule has 2 rings (SSSR count). The van der Waals surface area contributed by atoms with Crippen LogP contribution in [-0.2, 0) is 6.42 Å². The second-order valence-electron chi connectivity index (χ2n) is 5.44. The molecule has 1 aliphatic rings. The summed E-state index contributed by atoms with van der Waals surface area (Å²) in [7, 11) is 0. The van der Waals surface area contributed by atoms with Crippen LogP contribution in [0.2, 0.25) is 0 Å². The molecule has 20 heavy (non-hydrogen) atoms. The Morgan fingerprint density at radius 3 is 3.00 bits per heavy atom. The van der Waals surface area contributed by atoms with Gasteiger partial charge in [0.2, 0.25) is 0 Å². The Bertz CT molecular complexity index is 476. The van der Waals surface area contributed by atoms with Crippen molar-refractivity contribution in [2.24, 2.45) is 5.92 Å². The van der Waals surface area contributed by atoms with E-state index in [1.54, 1.807) is 0 Å². The highest BCUT2D eigenvalue weighted by Gasteiger charge is 2.25. The molecule has 1 fully saturated rings. The van der Waals surface area contributed by atoms with Gasteiger partial charge in [-0.1, -0.05) is 22.9 Å². The second-order valence-corrected chi connectivity index (χ2v) is 6.23. The minimum absolute atomic E-state index is 0.124. The third-order valence-corrected chi connectivity index (χ3v) is 4.34. The monoisotopic (exact) mass is 339 g/mol. The van der Waals surface area contributed by atoms with Gasteiger partial charge in [0.05, 0.1) is 17.0 Å². The quantitative estimate of drug-likeness (QED) is 0.792. The fourth-order valence-electron chi connectivity index (χ4n) is 2.77. The molecular weight excluding hydrogens is 318 g/mol. The van der Waals surface area contributed by atoms with Crippen LogP contribution in [-0.4, -0.2) is 39.4 Å². The van der Waals surface area contributed by atoms with E-state index >= 15 is 0 Å². The molecule has 1 atom stereocenters. The number of carbonyl (C=O) groups is 1. The maximum absolute atomic E-state index is 12.7. The molecule has 110 valence electrons. The van der Waals surface area contributed by atoms with Crippen molar-refractivity contribution in [3.63, 3.8) is 0 Å². The van der Waals surface area contributed by atoms with Crippen molar-refractivity contribution in [3.05, 3.63) is 23.0 Å². The Kier molecular flexibility index (Phi) is 5.52. The largest absolute Gasteiger partial charge is 0.338 e. The van der Waals surface area contributed by atoms with Crippen molar-refractivity contribution in [2.75, 3.05) is 18.4 Å². The van der Waals surface area contributed by atoms with Gasteiger partial charge in [-0.3, -0.25) is 4.79 Å². The van der Waals surface area contributed by atoms with E-state index in [1.807, 2.05) is 24.8 Å². The molecule has 1 amide bonds. The van der Waals surface area contributed by atoms with Crippen LogP contribution in [0.4, 0.5) is 0 Å². The number of rotatable bonds is 4. The van der Waals surface area contributed by atoms with Crippen LogP contribution in [0.1, 0.15) is 47.9 Å². The summed E-state index contributed by atoms with van der Waals surface area (Å²) < 4.78 is 0. The van der Waals surface area contributed by atoms with E-state index in [0.29, 0.717) is 5.92 Å². The average Bonchev–Trinajstić information content (AvgIpc) is 2.47. The summed E-state index contributed by atoms with van der Waals surface area (Å²) in [5.41, 5.74) is 2.35. The van der Waals surface area contributed by atoms with Gasteiger partial charge in [-0.2, -0.15) is 10.2 Å². The van der Waals surface area contributed by atoms with Gasteiger partial charge in [0, 0.05) is 18.4 Å². The van der Waals surface area contributed by atoms with E-state index in [1.165, 1.54) is 6.42 Å². The molecule has 0 N–H and O–H groups in total. The highest BCUT2D eigenvalue weighted by molar-refractivity contribution is 9.09. The summed E-state index contributed by atoms with van der Waals surface area (Å²) in [6.45, 7) is 5.63. The number of alkyl halides is 1. The highest BCUT2D eigenvalue weighted by atomic mass is 79.9. The molecule has 1 aromatic heterocycles. The lowest BCUT2D eigenvalue weighted by atomic mass is 9.95. The van der Waals surface area contributed by atoms with Crippen LogP contribution in [0.25, 0.3) is 0 Å². The zero-order chi connectivity index (χ0) is 14.5. The van der Waals surface area contributed by atoms with E-state index in [-0.39, 0.29) is 5.91 Å². The average molecular weight is 340 g/mol. The molecule has 0 bridgehead atoms. The first-order valence-corrected chi connectivity index (χ1v) is 8.46. The molecule has 5 heteroatoms. The maximum Gasteiger partial charge on any atom is 0.255 e. The fraction of sp³-hybridized carbons (Fsp3) is 0.667. The van der Waals surface area contributed by atoms with Gasteiger partial charge in [0.15, 0.2) is 0 Å². The van der Waals surface area contributed by atoms with E-state index in [9.17, 15) is 4.79 Å². The van der Waals surface area contributed by atoms with Crippen molar-refractivity contribution in [1.29, 1.82) is 0 Å². The van der Waals surface area contributed by atoms with Gasteiger partial charge in [-0.15, -0.1) is 0 Å². The molecule has 1 aromatic rings. The van der Waals surface area contributed by atoms with Gasteiger partial charge in [0.1, 0.15) is 0 Å². The third-order valence-electron chi connectivity index (χ3n) is 3.88. The van der Waals surface area contributed by atoms with Crippen LogP contribution in [0.3, 0.4) is 0 Å². The van der Waals surface area contributed by atoms with Crippen molar-refractivity contribution < 1.29 is 4.79 Å². The summed E-state index contributed by atoms with van der Waals surface area (Å²) in [5.74, 6) is 0.743. The Morgan fingerprint density at radius 1 is 1.50 bits per heavy atom. The summed E-state index contributed by atoms with van der Waals surface area (Å²) in [4.78, 5) is 14.7. The van der Waals surface area contributed by atoms with Crippen LogP contribution in [0.15, 0.2) is 6.07 Å². The number of aryl methyl sites for hydroxylation is 2. The van der Waals surface area contributed by atoms with E-state index in [4.69, 9.17) is 0 Å². The number of carbonyl (C=O) groups excluding carboxylic acids is 1. The summed E-state index contributed by atoms with van der Waals surface area (Å²) in [6.07, 6.45) is 4.21. The SMILES string of the molecule is CCc1nnc(C)cc1C(=O)N1CCCC(CCBr)C1. The molecule has 0 aromatic carbocycles. The number of amides is 1. The number of hydrogen-bond acceptors (Lipinski definition) is 3.